The maximum Gasteiger partial charge on any atom is 0.144 e. The molecule has 0 saturated heterocycles. The normalized spacial score (nSPS) is 12.1. The highest BCUT2D eigenvalue weighted by molar-refractivity contribution is 5.85. The zero-order valence-corrected chi connectivity index (χ0v) is 9.80. The van der Waals surface area contributed by atoms with Crippen LogP contribution in [0.4, 0.5) is 0 Å². The fourth-order valence-electron chi connectivity index (χ4n) is 1.07. The quantitative estimate of drug-likeness (QED) is 0.154. The molecule has 0 fully saturated rings. The third-order valence-corrected chi connectivity index (χ3v) is 2.33. The smallest absolute Gasteiger partial charge is 0.144 e. The van der Waals surface area contributed by atoms with E-state index in [0.29, 0.717) is 0 Å². The summed E-state index contributed by atoms with van der Waals surface area (Å²) in [4.78, 5) is 0. The van der Waals surface area contributed by atoms with Gasteiger partial charge in [-0.2, -0.15) is 0 Å². The third kappa shape index (κ3) is 5.97. The SMILES string of the molecule is CC#CCCNCCC(C)(C)C(N)=NO. The first-order chi connectivity index (χ1) is 7.04. The second-order valence-electron chi connectivity index (χ2n) is 4.05. The summed E-state index contributed by atoms with van der Waals surface area (Å²) in [6.07, 6.45) is 1.70. The van der Waals surface area contributed by atoms with Crippen LogP contribution in [0.2, 0.25) is 0 Å². The van der Waals surface area contributed by atoms with Crippen molar-refractivity contribution in [2.24, 2.45) is 16.3 Å². The van der Waals surface area contributed by atoms with E-state index in [0.717, 1.165) is 25.9 Å². The molecule has 0 aliphatic heterocycles. The standard InChI is InChI=1S/C11H21N3O/c1-4-5-6-8-13-9-7-11(2,3)10(12)14-15/h13,15H,6-9H2,1-3H3,(H2,12,14). The van der Waals surface area contributed by atoms with Gasteiger partial charge in [0.2, 0.25) is 0 Å². The molecule has 0 amide bonds. The minimum atomic E-state index is -0.266. The van der Waals surface area contributed by atoms with Crippen LogP contribution in [0.1, 0.15) is 33.6 Å². The minimum absolute atomic E-state index is 0.266. The maximum atomic E-state index is 8.57. The molecule has 0 aliphatic rings. The van der Waals surface area contributed by atoms with Gasteiger partial charge in [0, 0.05) is 18.4 Å². The molecule has 0 aliphatic carbocycles. The van der Waals surface area contributed by atoms with E-state index >= 15 is 0 Å². The molecule has 0 rings (SSSR count). The Kier molecular flexibility index (Phi) is 6.56. The fourth-order valence-corrected chi connectivity index (χ4v) is 1.07. The van der Waals surface area contributed by atoms with Crippen LogP contribution in [0, 0.1) is 17.3 Å². The number of rotatable bonds is 6. The van der Waals surface area contributed by atoms with Gasteiger partial charge in [-0.15, -0.1) is 11.8 Å². The first-order valence-corrected chi connectivity index (χ1v) is 5.13. The molecular formula is C11H21N3O. The van der Waals surface area contributed by atoms with E-state index in [4.69, 9.17) is 10.9 Å². The van der Waals surface area contributed by atoms with E-state index in [2.05, 4.69) is 22.3 Å². The van der Waals surface area contributed by atoms with Gasteiger partial charge < -0.3 is 16.3 Å². The monoisotopic (exact) mass is 211 g/mol. The zero-order valence-electron chi connectivity index (χ0n) is 9.80. The lowest BCUT2D eigenvalue weighted by Crippen LogP contribution is -2.35. The molecule has 4 nitrogen and oxygen atoms in total. The molecule has 0 aromatic carbocycles. The first kappa shape index (κ1) is 13.8. The molecule has 0 saturated carbocycles. The highest BCUT2D eigenvalue weighted by Crippen LogP contribution is 2.19. The van der Waals surface area contributed by atoms with E-state index in [1.807, 2.05) is 20.8 Å². The van der Waals surface area contributed by atoms with Crippen molar-refractivity contribution >= 4 is 5.84 Å². The maximum absolute atomic E-state index is 8.57. The van der Waals surface area contributed by atoms with Crippen molar-refractivity contribution in [1.29, 1.82) is 0 Å². The summed E-state index contributed by atoms with van der Waals surface area (Å²) < 4.78 is 0. The van der Waals surface area contributed by atoms with Gasteiger partial charge in [-0.25, -0.2) is 0 Å². The molecule has 0 aromatic rings. The predicted molar refractivity (Wildman–Crippen MR) is 62.7 cm³/mol. The number of oxime groups is 1. The van der Waals surface area contributed by atoms with Crippen LogP contribution in [0.3, 0.4) is 0 Å². The number of amidine groups is 1. The molecule has 0 unspecified atom stereocenters. The molecular weight excluding hydrogens is 190 g/mol. The summed E-state index contributed by atoms with van der Waals surface area (Å²) in [7, 11) is 0. The largest absolute Gasteiger partial charge is 0.409 e. The summed E-state index contributed by atoms with van der Waals surface area (Å²) in [5.74, 6) is 6.09. The number of nitrogens with zero attached hydrogens (tertiary/aromatic N) is 1. The van der Waals surface area contributed by atoms with Crippen molar-refractivity contribution in [3.8, 4) is 11.8 Å². The van der Waals surface area contributed by atoms with Crippen molar-refractivity contribution < 1.29 is 5.21 Å². The highest BCUT2D eigenvalue weighted by atomic mass is 16.4. The van der Waals surface area contributed by atoms with E-state index in [9.17, 15) is 0 Å². The molecule has 86 valence electrons. The minimum Gasteiger partial charge on any atom is -0.409 e. The van der Waals surface area contributed by atoms with E-state index in [1.165, 1.54) is 0 Å². The lowest BCUT2D eigenvalue weighted by Gasteiger charge is -2.22. The highest BCUT2D eigenvalue weighted by Gasteiger charge is 2.22. The van der Waals surface area contributed by atoms with Gasteiger partial charge in [-0.05, 0) is 19.9 Å². The molecule has 4 heteroatoms. The van der Waals surface area contributed by atoms with Gasteiger partial charge in [-0.1, -0.05) is 19.0 Å². The van der Waals surface area contributed by atoms with E-state index < -0.39 is 0 Å². The van der Waals surface area contributed by atoms with Gasteiger partial charge in [-0.3, -0.25) is 0 Å². The van der Waals surface area contributed by atoms with Crippen molar-refractivity contribution in [3.05, 3.63) is 0 Å². The third-order valence-electron chi connectivity index (χ3n) is 2.33. The average molecular weight is 211 g/mol. The fraction of sp³-hybridized carbons (Fsp3) is 0.727. The summed E-state index contributed by atoms with van der Waals surface area (Å²) in [6.45, 7) is 7.47. The van der Waals surface area contributed by atoms with Crippen molar-refractivity contribution in [2.75, 3.05) is 13.1 Å². The zero-order chi connectivity index (χ0) is 11.7. The first-order valence-electron chi connectivity index (χ1n) is 5.13. The summed E-state index contributed by atoms with van der Waals surface area (Å²) in [6, 6.07) is 0. The lowest BCUT2D eigenvalue weighted by atomic mass is 9.88. The molecule has 0 heterocycles. The number of hydrogen-bond donors (Lipinski definition) is 3. The summed E-state index contributed by atoms with van der Waals surface area (Å²) in [5, 5.41) is 14.9. The number of nitrogens with two attached hydrogens (primary N) is 1. The Morgan fingerprint density at radius 1 is 1.47 bits per heavy atom. The summed E-state index contributed by atoms with van der Waals surface area (Å²) in [5.41, 5.74) is 5.30. The lowest BCUT2D eigenvalue weighted by molar-refractivity contribution is 0.305. The molecule has 0 aromatic heterocycles. The predicted octanol–water partition coefficient (Wildman–Crippen LogP) is 1.15. The molecule has 0 radical (unpaired) electrons. The van der Waals surface area contributed by atoms with E-state index in [-0.39, 0.29) is 11.3 Å². The number of hydrogen-bond acceptors (Lipinski definition) is 3. The topological polar surface area (TPSA) is 70.6 Å². The Hall–Kier alpha value is -1.21. The van der Waals surface area contributed by atoms with Crippen LogP contribution in [0.25, 0.3) is 0 Å². The average Bonchev–Trinajstić information content (AvgIpc) is 2.22. The van der Waals surface area contributed by atoms with Gasteiger partial charge in [0.15, 0.2) is 0 Å². The van der Waals surface area contributed by atoms with Gasteiger partial charge in [0.1, 0.15) is 5.84 Å². The molecule has 15 heavy (non-hydrogen) atoms. The van der Waals surface area contributed by atoms with Gasteiger partial charge in [0.05, 0.1) is 0 Å². The Balaban J connectivity index is 3.70. The van der Waals surface area contributed by atoms with Crippen molar-refractivity contribution in [2.45, 2.75) is 33.6 Å². The van der Waals surface area contributed by atoms with Crippen LogP contribution in [0.5, 0.6) is 0 Å². The van der Waals surface area contributed by atoms with Gasteiger partial charge >= 0.3 is 0 Å². The Labute approximate surface area is 91.9 Å². The van der Waals surface area contributed by atoms with Crippen LogP contribution in [0.15, 0.2) is 5.16 Å². The second kappa shape index (κ2) is 7.13. The van der Waals surface area contributed by atoms with Crippen molar-refractivity contribution in [3.63, 3.8) is 0 Å². The van der Waals surface area contributed by atoms with Crippen LogP contribution in [-0.2, 0) is 0 Å². The molecule has 0 spiro atoms. The summed E-state index contributed by atoms with van der Waals surface area (Å²) >= 11 is 0. The Morgan fingerprint density at radius 2 is 2.13 bits per heavy atom. The molecule has 4 N–H and O–H groups in total. The molecule has 0 atom stereocenters. The second-order valence-corrected chi connectivity index (χ2v) is 4.05. The van der Waals surface area contributed by atoms with Crippen LogP contribution >= 0.6 is 0 Å². The Morgan fingerprint density at radius 3 is 2.67 bits per heavy atom. The number of nitrogens with one attached hydrogen (secondary N) is 1. The van der Waals surface area contributed by atoms with Crippen LogP contribution < -0.4 is 11.1 Å². The van der Waals surface area contributed by atoms with Gasteiger partial charge in [0.25, 0.3) is 0 Å². The molecule has 0 bridgehead atoms. The van der Waals surface area contributed by atoms with E-state index in [1.54, 1.807) is 0 Å². The van der Waals surface area contributed by atoms with Crippen LogP contribution in [-0.4, -0.2) is 24.1 Å². The van der Waals surface area contributed by atoms with Crippen molar-refractivity contribution in [1.82, 2.24) is 5.32 Å². The Bertz CT molecular complexity index is 261.